The molecule has 70 valence electrons. The molecule has 3 nitrogen and oxygen atoms in total. The standard InChI is InChI=1S/C9H18N2O/c1-7(9(11)12)5-3-4-6-8(2)10/h7,10H,3-6H2,1-2H3,(H2,11,12)/t7-/m0/s1. The van der Waals surface area contributed by atoms with E-state index in [4.69, 9.17) is 11.1 Å². The minimum Gasteiger partial charge on any atom is -0.369 e. The first-order valence-electron chi connectivity index (χ1n) is 4.37. The zero-order chi connectivity index (χ0) is 9.56. The lowest BCUT2D eigenvalue weighted by Gasteiger charge is -2.05. The molecule has 0 aliphatic carbocycles. The van der Waals surface area contributed by atoms with Crippen molar-refractivity contribution in [1.29, 1.82) is 5.41 Å². The summed E-state index contributed by atoms with van der Waals surface area (Å²) < 4.78 is 0. The molecule has 0 rings (SSSR count). The summed E-state index contributed by atoms with van der Waals surface area (Å²) in [4.78, 5) is 10.6. The van der Waals surface area contributed by atoms with E-state index in [1.54, 1.807) is 6.92 Å². The van der Waals surface area contributed by atoms with E-state index in [1.807, 2.05) is 6.92 Å². The average molecular weight is 170 g/mol. The van der Waals surface area contributed by atoms with Crippen LogP contribution in [0.4, 0.5) is 0 Å². The fraction of sp³-hybridized carbons (Fsp3) is 0.778. The average Bonchev–Trinajstić information content (AvgIpc) is 1.97. The molecular weight excluding hydrogens is 152 g/mol. The third-order valence-corrected chi connectivity index (χ3v) is 1.92. The molecule has 0 heterocycles. The van der Waals surface area contributed by atoms with Gasteiger partial charge in [-0.25, -0.2) is 0 Å². The van der Waals surface area contributed by atoms with Crippen molar-refractivity contribution in [2.75, 3.05) is 0 Å². The molecule has 12 heavy (non-hydrogen) atoms. The van der Waals surface area contributed by atoms with E-state index in [2.05, 4.69) is 0 Å². The SMILES string of the molecule is CC(=N)CCCC[C@H](C)C(N)=O. The van der Waals surface area contributed by atoms with Gasteiger partial charge in [0, 0.05) is 11.6 Å². The molecule has 0 fully saturated rings. The number of primary amides is 1. The van der Waals surface area contributed by atoms with Gasteiger partial charge < -0.3 is 11.1 Å². The Kier molecular flexibility index (Phi) is 5.34. The number of rotatable bonds is 6. The van der Waals surface area contributed by atoms with Gasteiger partial charge in [0.2, 0.25) is 5.91 Å². The molecule has 3 N–H and O–H groups in total. The van der Waals surface area contributed by atoms with Crippen LogP contribution in [0.3, 0.4) is 0 Å². The van der Waals surface area contributed by atoms with Gasteiger partial charge in [-0.05, 0) is 26.2 Å². The predicted octanol–water partition coefficient (Wildman–Crippen LogP) is 1.71. The lowest BCUT2D eigenvalue weighted by atomic mass is 10.0. The zero-order valence-corrected chi connectivity index (χ0v) is 7.89. The molecule has 0 aliphatic rings. The van der Waals surface area contributed by atoms with Crippen LogP contribution in [0.15, 0.2) is 0 Å². The Morgan fingerprint density at radius 2 is 2.08 bits per heavy atom. The third-order valence-electron chi connectivity index (χ3n) is 1.92. The number of hydrogen-bond acceptors (Lipinski definition) is 2. The smallest absolute Gasteiger partial charge is 0.220 e. The Balaban J connectivity index is 3.31. The maximum Gasteiger partial charge on any atom is 0.220 e. The highest BCUT2D eigenvalue weighted by Gasteiger charge is 2.06. The summed E-state index contributed by atoms with van der Waals surface area (Å²) in [5.41, 5.74) is 5.81. The van der Waals surface area contributed by atoms with E-state index < -0.39 is 0 Å². The second kappa shape index (κ2) is 5.75. The molecule has 1 atom stereocenters. The van der Waals surface area contributed by atoms with Gasteiger partial charge in [-0.1, -0.05) is 13.3 Å². The summed E-state index contributed by atoms with van der Waals surface area (Å²) in [5, 5.41) is 7.17. The maximum atomic E-state index is 10.6. The monoisotopic (exact) mass is 170 g/mol. The number of carbonyl (C=O) groups is 1. The topological polar surface area (TPSA) is 66.9 Å². The maximum absolute atomic E-state index is 10.6. The van der Waals surface area contributed by atoms with Crippen molar-refractivity contribution >= 4 is 11.6 Å². The highest BCUT2D eigenvalue weighted by Crippen LogP contribution is 2.08. The molecule has 0 bridgehead atoms. The largest absolute Gasteiger partial charge is 0.369 e. The van der Waals surface area contributed by atoms with Crippen molar-refractivity contribution in [1.82, 2.24) is 0 Å². The Morgan fingerprint density at radius 3 is 2.50 bits per heavy atom. The van der Waals surface area contributed by atoms with Gasteiger partial charge in [0.25, 0.3) is 0 Å². The first-order chi connectivity index (χ1) is 5.54. The van der Waals surface area contributed by atoms with Gasteiger partial charge in [-0.15, -0.1) is 0 Å². The lowest BCUT2D eigenvalue weighted by Crippen LogP contribution is -2.20. The van der Waals surface area contributed by atoms with Gasteiger partial charge in [-0.2, -0.15) is 0 Å². The molecule has 0 aromatic rings. The number of amides is 1. The highest BCUT2D eigenvalue weighted by molar-refractivity contribution is 5.78. The van der Waals surface area contributed by atoms with Gasteiger partial charge >= 0.3 is 0 Å². The normalized spacial score (nSPS) is 12.5. The van der Waals surface area contributed by atoms with Crippen LogP contribution in [-0.4, -0.2) is 11.6 Å². The van der Waals surface area contributed by atoms with Gasteiger partial charge in [0.05, 0.1) is 0 Å². The van der Waals surface area contributed by atoms with Crippen LogP contribution in [0.5, 0.6) is 0 Å². The van der Waals surface area contributed by atoms with Gasteiger partial charge in [-0.3, -0.25) is 4.79 Å². The summed E-state index contributed by atoms with van der Waals surface area (Å²) in [6.07, 6.45) is 3.67. The summed E-state index contributed by atoms with van der Waals surface area (Å²) in [5.74, 6) is -0.238. The van der Waals surface area contributed by atoms with Crippen molar-refractivity contribution in [3.05, 3.63) is 0 Å². The fourth-order valence-corrected chi connectivity index (χ4v) is 0.983. The molecule has 1 amide bonds. The molecule has 0 aromatic carbocycles. The van der Waals surface area contributed by atoms with Crippen LogP contribution >= 0.6 is 0 Å². The van der Waals surface area contributed by atoms with Crippen molar-refractivity contribution in [3.8, 4) is 0 Å². The predicted molar refractivity (Wildman–Crippen MR) is 50.2 cm³/mol. The number of unbranched alkanes of at least 4 members (excludes halogenated alkanes) is 1. The molecule has 0 saturated carbocycles. The minimum absolute atomic E-state index is 0.0176. The fourth-order valence-electron chi connectivity index (χ4n) is 0.983. The molecule has 0 spiro atoms. The summed E-state index contributed by atoms with van der Waals surface area (Å²) in [6.45, 7) is 3.65. The molecule has 0 aliphatic heterocycles. The molecule has 0 radical (unpaired) electrons. The number of nitrogens with one attached hydrogen (secondary N) is 1. The van der Waals surface area contributed by atoms with Crippen LogP contribution in [0.1, 0.15) is 39.5 Å². The van der Waals surface area contributed by atoms with E-state index in [0.29, 0.717) is 5.71 Å². The van der Waals surface area contributed by atoms with E-state index in [0.717, 1.165) is 25.7 Å². The Hall–Kier alpha value is -0.860. The van der Waals surface area contributed by atoms with E-state index in [9.17, 15) is 4.79 Å². The second-order valence-corrected chi connectivity index (χ2v) is 3.33. The minimum atomic E-state index is -0.221. The summed E-state index contributed by atoms with van der Waals surface area (Å²) in [6, 6.07) is 0. The first-order valence-corrected chi connectivity index (χ1v) is 4.37. The molecule has 3 heteroatoms. The Labute approximate surface area is 73.8 Å². The number of nitrogens with two attached hydrogens (primary N) is 1. The molecule has 0 aromatic heterocycles. The summed E-state index contributed by atoms with van der Waals surface area (Å²) in [7, 11) is 0. The van der Waals surface area contributed by atoms with E-state index >= 15 is 0 Å². The second-order valence-electron chi connectivity index (χ2n) is 3.33. The molecule has 0 unspecified atom stereocenters. The van der Waals surface area contributed by atoms with Gasteiger partial charge in [0.1, 0.15) is 0 Å². The quantitative estimate of drug-likeness (QED) is 0.462. The van der Waals surface area contributed by atoms with Crippen LogP contribution < -0.4 is 5.73 Å². The molecular formula is C9H18N2O. The van der Waals surface area contributed by atoms with Crippen molar-refractivity contribution in [3.63, 3.8) is 0 Å². The zero-order valence-electron chi connectivity index (χ0n) is 7.89. The molecule has 0 saturated heterocycles. The van der Waals surface area contributed by atoms with Gasteiger partial charge in [0.15, 0.2) is 0 Å². The Bertz CT molecular complexity index is 166. The Morgan fingerprint density at radius 1 is 1.50 bits per heavy atom. The number of carbonyl (C=O) groups excluding carboxylic acids is 1. The summed E-state index contributed by atoms with van der Waals surface area (Å²) >= 11 is 0. The van der Waals surface area contributed by atoms with Crippen LogP contribution in [0.25, 0.3) is 0 Å². The van der Waals surface area contributed by atoms with Crippen molar-refractivity contribution < 1.29 is 4.79 Å². The van der Waals surface area contributed by atoms with E-state index in [1.165, 1.54) is 0 Å². The lowest BCUT2D eigenvalue weighted by molar-refractivity contribution is -0.121. The third kappa shape index (κ3) is 5.89. The van der Waals surface area contributed by atoms with E-state index in [-0.39, 0.29) is 11.8 Å². The van der Waals surface area contributed by atoms with Crippen LogP contribution in [-0.2, 0) is 4.79 Å². The van der Waals surface area contributed by atoms with Crippen LogP contribution in [0.2, 0.25) is 0 Å². The number of hydrogen-bond donors (Lipinski definition) is 2. The first kappa shape index (κ1) is 11.1. The van der Waals surface area contributed by atoms with Crippen molar-refractivity contribution in [2.24, 2.45) is 11.7 Å². The van der Waals surface area contributed by atoms with Crippen LogP contribution in [0, 0.1) is 11.3 Å². The van der Waals surface area contributed by atoms with Crippen molar-refractivity contribution in [2.45, 2.75) is 39.5 Å². The highest BCUT2D eigenvalue weighted by atomic mass is 16.1.